The topological polar surface area (TPSA) is 84.5 Å². The van der Waals surface area contributed by atoms with Gasteiger partial charge in [0.05, 0.1) is 18.6 Å². The van der Waals surface area contributed by atoms with E-state index in [1.54, 1.807) is 0 Å². The molecule has 2 N–H and O–H groups in total. The van der Waals surface area contributed by atoms with E-state index in [4.69, 9.17) is 4.74 Å². The first-order valence-corrected chi connectivity index (χ1v) is 7.83. The van der Waals surface area contributed by atoms with Crippen LogP contribution in [0.15, 0.2) is 18.2 Å². The Balaban J connectivity index is 1.93. The Morgan fingerprint density at radius 3 is 2.75 bits per heavy atom. The van der Waals surface area contributed by atoms with Crippen LogP contribution in [0.4, 0.5) is 14.9 Å². The van der Waals surface area contributed by atoms with Crippen molar-refractivity contribution >= 4 is 21.6 Å². The zero-order valence-corrected chi connectivity index (χ0v) is 11.7. The maximum atomic E-state index is 13.4. The highest BCUT2D eigenvalue weighted by atomic mass is 32.2. The molecule has 1 atom stereocenters. The number of nitrogens with one attached hydrogen (secondary N) is 2. The minimum absolute atomic E-state index is 0.0581. The summed E-state index contributed by atoms with van der Waals surface area (Å²) in [4.78, 5) is 11.7. The second kappa shape index (κ2) is 5.66. The van der Waals surface area contributed by atoms with Crippen LogP contribution in [0.1, 0.15) is 6.42 Å². The quantitative estimate of drug-likeness (QED) is 0.877. The molecule has 1 fully saturated rings. The Bertz CT molecular complexity index is 618. The first-order chi connectivity index (χ1) is 9.39. The minimum Gasteiger partial charge on any atom is -0.494 e. The van der Waals surface area contributed by atoms with Crippen molar-refractivity contribution in [2.24, 2.45) is 0 Å². The third kappa shape index (κ3) is 3.60. The van der Waals surface area contributed by atoms with Gasteiger partial charge >= 0.3 is 6.03 Å². The highest BCUT2D eigenvalue weighted by Crippen LogP contribution is 2.20. The summed E-state index contributed by atoms with van der Waals surface area (Å²) in [5, 5.41) is 5.00. The predicted molar refractivity (Wildman–Crippen MR) is 72.2 cm³/mol. The first-order valence-electron chi connectivity index (χ1n) is 6.01. The van der Waals surface area contributed by atoms with Crippen LogP contribution >= 0.6 is 0 Å². The van der Waals surface area contributed by atoms with Gasteiger partial charge in [-0.1, -0.05) is 0 Å². The van der Waals surface area contributed by atoms with Gasteiger partial charge in [0, 0.05) is 17.8 Å². The highest BCUT2D eigenvalue weighted by Gasteiger charge is 2.28. The Morgan fingerprint density at radius 2 is 2.20 bits per heavy atom. The molecule has 1 aromatic carbocycles. The molecule has 110 valence electrons. The largest absolute Gasteiger partial charge is 0.494 e. The third-order valence-corrected chi connectivity index (χ3v) is 4.75. The van der Waals surface area contributed by atoms with Crippen molar-refractivity contribution in [3.05, 3.63) is 24.0 Å². The maximum Gasteiger partial charge on any atom is 0.319 e. The van der Waals surface area contributed by atoms with Gasteiger partial charge in [-0.2, -0.15) is 0 Å². The smallest absolute Gasteiger partial charge is 0.319 e. The van der Waals surface area contributed by atoms with Crippen LogP contribution in [0.2, 0.25) is 0 Å². The van der Waals surface area contributed by atoms with Crippen molar-refractivity contribution in [1.82, 2.24) is 5.32 Å². The summed E-state index contributed by atoms with van der Waals surface area (Å²) in [7, 11) is -1.70. The van der Waals surface area contributed by atoms with Gasteiger partial charge in [-0.05, 0) is 18.6 Å². The summed E-state index contributed by atoms with van der Waals surface area (Å²) in [5.74, 6) is -0.487. The van der Waals surface area contributed by atoms with Crippen molar-refractivity contribution in [2.45, 2.75) is 12.5 Å². The molecule has 0 aliphatic carbocycles. The SMILES string of the molecule is COc1ccc(NC(=O)NC2CCS(=O)(=O)C2)cc1F. The molecule has 2 rings (SSSR count). The summed E-state index contributed by atoms with van der Waals surface area (Å²) in [6.45, 7) is 0. The number of carbonyl (C=O) groups is 1. The predicted octanol–water partition coefficient (Wildman–Crippen LogP) is 1.14. The first kappa shape index (κ1) is 14.6. The van der Waals surface area contributed by atoms with Crippen LogP contribution in [-0.4, -0.2) is 39.1 Å². The van der Waals surface area contributed by atoms with Gasteiger partial charge in [0.25, 0.3) is 0 Å². The number of anilines is 1. The van der Waals surface area contributed by atoms with Crippen molar-refractivity contribution in [2.75, 3.05) is 23.9 Å². The summed E-state index contributed by atoms with van der Waals surface area (Å²) in [6, 6.07) is 3.06. The lowest BCUT2D eigenvalue weighted by molar-refractivity contribution is 0.249. The zero-order chi connectivity index (χ0) is 14.8. The molecule has 1 heterocycles. The lowest BCUT2D eigenvalue weighted by Crippen LogP contribution is -2.38. The summed E-state index contributed by atoms with van der Waals surface area (Å²) >= 11 is 0. The molecular weight excluding hydrogens is 287 g/mol. The molecule has 1 aromatic rings. The standard InChI is InChI=1S/C12H15FN2O4S/c1-19-11-3-2-8(6-10(11)13)14-12(16)15-9-4-5-20(17,18)7-9/h2-3,6,9H,4-5,7H2,1H3,(H2,14,15,16). The molecule has 0 spiro atoms. The summed E-state index contributed by atoms with van der Waals surface area (Å²) in [6.07, 6.45) is 0.396. The van der Waals surface area contributed by atoms with E-state index in [0.29, 0.717) is 6.42 Å². The van der Waals surface area contributed by atoms with Gasteiger partial charge in [0.2, 0.25) is 0 Å². The normalized spacial score (nSPS) is 20.4. The lowest BCUT2D eigenvalue weighted by Gasteiger charge is -2.12. The molecule has 1 saturated heterocycles. The van der Waals surface area contributed by atoms with Gasteiger partial charge in [0.15, 0.2) is 21.4 Å². The molecular formula is C12H15FN2O4S. The van der Waals surface area contributed by atoms with Crippen molar-refractivity contribution < 1.29 is 22.3 Å². The van der Waals surface area contributed by atoms with E-state index in [0.717, 1.165) is 6.07 Å². The molecule has 0 aromatic heterocycles. The van der Waals surface area contributed by atoms with Crippen LogP contribution in [-0.2, 0) is 9.84 Å². The molecule has 1 aliphatic heterocycles. The number of ether oxygens (including phenoxy) is 1. The molecule has 0 radical (unpaired) electrons. The molecule has 1 unspecified atom stereocenters. The van der Waals surface area contributed by atoms with Gasteiger partial charge in [0.1, 0.15) is 0 Å². The van der Waals surface area contributed by atoms with Crippen LogP contribution in [0.3, 0.4) is 0 Å². The number of carbonyl (C=O) groups excluding carboxylic acids is 1. The van der Waals surface area contributed by atoms with Crippen LogP contribution in [0, 0.1) is 5.82 Å². The number of sulfone groups is 1. The number of hydrogen-bond donors (Lipinski definition) is 2. The number of hydrogen-bond acceptors (Lipinski definition) is 4. The van der Waals surface area contributed by atoms with E-state index in [1.807, 2.05) is 0 Å². The molecule has 8 heteroatoms. The fourth-order valence-electron chi connectivity index (χ4n) is 2.01. The fraction of sp³-hybridized carbons (Fsp3) is 0.417. The monoisotopic (exact) mass is 302 g/mol. The van der Waals surface area contributed by atoms with Crippen molar-refractivity contribution in [3.63, 3.8) is 0 Å². The number of methoxy groups -OCH3 is 1. The van der Waals surface area contributed by atoms with Crippen LogP contribution in [0.25, 0.3) is 0 Å². The summed E-state index contributed by atoms with van der Waals surface area (Å²) in [5.41, 5.74) is 0.265. The van der Waals surface area contributed by atoms with E-state index in [9.17, 15) is 17.6 Å². The van der Waals surface area contributed by atoms with E-state index >= 15 is 0 Å². The van der Waals surface area contributed by atoms with E-state index in [2.05, 4.69) is 10.6 Å². The molecule has 0 bridgehead atoms. The Kier molecular flexibility index (Phi) is 4.12. The third-order valence-electron chi connectivity index (χ3n) is 2.98. The lowest BCUT2D eigenvalue weighted by atomic mass is 10.2. The number of amides is 2. The Labute approximate surface area is 116 Å². The van der Waals surface area contributed by atoms with Crippen molar-refractivity contribution in [1.29, 1.82) is 0 Å². The zero-order valence-electron chi connectivity index (χ0n) is 10.8. The number of urea groups is 1. The van der Waals surface area contributed by atoms with Gasteiger partial charge < -0.3 is 15.4 Å². The van der Waals surface area contributed by atoms with Crippen LogP contribution < -0.4 is 15.4 Å². The van der Waals surface area contributed by atoms with Gasteiger partial charge in [-0.15, -0.1) is 0 Å². The Morgan fingerprint density at radius 1 is 1.45 bits per heavy atom. The van der Waals surface area contributed by atoms with Gasteiger partial charge in [-0.25, -0.2) is 17.6 Å². The highest BCUT2D eigenvalue weighted by molar-refractivity contribution is 7.91. The van der Waals surface area contributed by atoms with E-state index in [-0.39, 0.29) is 22.9 Å². The average molecular weight is 302 g/mol. The minimum atomic E-state index is -3.05. The second-order valence-corrected chi connectivity index (χ2v) is 6.78. The average Bonchev–Trinajstić information content (AvgIpc) is 2.68. The van der Waals surface area contributed by atoms with Gasteiger partial charge in [-0.3, -0.25) is 0 Å². The van der Waals surface area contributed by atoms with Crippen LogP contribution in [0.5, 0.6) is 5.75 Å². The molecule has 0 saturated carbocycles. The number of benzene rings is 1. The number of rotatable bonds is 3. The fourth-order valence-corrected chi connectivity index (χ4v) is 3.68. The Hall–Kier alpha value is -1.83. The van der Waals surface area contributed by atoms with E-state index < -0.39 is 27.7 Å². The maximum absolute atomic E-state index is 13.4. The molecule has 6 nitrogen and oxygen atoms in total. The molecule has 2 amide bonds. The summed E-state index contributed by atoms with van der Waals surface area (Å²) < 4.78 is 40.7. The molecule has 20 heavy (non-hydrogen) atoms. The second-order valence-electron chi connectivity index (χ2n) is 4.55. The number of halogens is 1. The van der Waals surface area contributed by atoms with Crippen molar-refractivity contribution in [3.8, 4) is 5.75 Å². The molecule has 1 aliphatic rings. The van der Waals surface area contributed by atoms with E-state index in [1.165, 1.54) is 19.2 Å².